The summed E-state index contributed by atoms with van der Waals surface area (Å²) in [6.45, 7) is 5.20. The quantitative estimate of drug-likeness (QED) is 0.670. The Morgan fingerprint density at radius 1 is 1.64 bits per heavy atom. The summed E-state index contributed by atoms with van der Waals surface area (Å²) in [7, 11) is 2.17. The monoisotopic (exact) mass is 196 g/mol. The van der Waals surface area contributed by atoms with Gasteiger partial charge in [-0.05, 0) is 19.9 Å². The summed E-state index contributed by atoms with van der Waals surface area (Å²) in [5.74, 6) is 0. The van der Waals surface area contributed by atoms with E-state index in [4.69, 9.17) is 4.74 Å². The molecule has 0 spiro atoms. The molecule has 1 saturated heterocycles. The molecule has 1 atom stereocenters. The average Bonchev–Trinajstić information content (AvgIpc) is 2.70. The molecule has 2 heterocycles. The summed E-state index contributed by atoms with van der Waals surface area (Å²) in [6, 6.07) is 0.593. The van der Waals surface area contributed by atoms with Crippen molar-refractivity contribution in [2.24, 2.45) is 0 Å². The fourth-order valence-electron chi connectivity index (χ4n) is 1.94. The zero-order chi connectivity index (χ0) is 9.80. The molecule has 2 aliphatic heterocycles. The third kappa shape index (κ3) is 2.80. The van der Waals surface area contributed by atoms with E-state index in [1.807, 2.05) is 0 Å². The summed E-state index contributed by atoms with van der Waals surface area (Å²) >= 11 is 0. The third-order valence-electron chi connectivity index (χ3n) is 3.05. The van der Waals surface area contributed by atoms with Crippen LogP contribution in [0.3, 0.4) is 0 Å². The summed E-state index contributed by atoms with van der Waals surface area (Å²) in [5, 5.41) is 3.55. The van der Waals surface area contributed by atoms with Gasteiger partial charge in [0, 0.05) is 32.3 Å². The van der Waals surface area contributed by atoms with Gasteiger partial charge in [0.05, 0.1) is 6.61 Å². The molecule has 0 aromatic carbocycles. The minimum Gasteiger partial charge on any atom is -0.380 e. The molecule has 2 rings (SSSR count). The van der Waals surface area contributed by atoms with Gasteiger partial charge in [0.15, 0.2) is 0 Å². The van der Waals surface area contributed by atoms with Crippen molar-refractivity contribution in [3.05, 3.63) is 11.6 Å². The maximum Gasteiger partial charge on any atom is 0.0620 e. The number of hydrogen-bond acceptors (Lipinski definition) is 3. The smallest absolute Gasteiger partial charge is 0.0620 e. The molecule has 0 aromatic rings. The van der Waals surface area contributed by atoms with E-state index in [9.17, 15) is 0 Å². The largest absolute Gasteiger partial charge is 0.380 e. The zero-order valence-corrected chi connectivity index (χ0v) is 8.96. The lowest BCUT2D eigenvalue weighted by molar-refractivity contribution is 0.190. The maximum atomic E-state index is 5.32. The van der Waals surface area contributed by atoms with Crippen molar-refractivity contribution in [2.75, 3.05) is 39.9 Å². The van der Waals surface area contributed by atoms with Gasteiger partial charge in [-0.15, -0.1) is 0 Å². The van der Waals surface area contributed by atoms with Crippen LogP contribution in [0.2, 0.25) is 0 Å². The first-order valence-electron chi connectivity index (χ1n) is 5.52. The molecule has 3 heteroatoms. The summed E-state index contributed by atoms with van der Waals surface area (Å²) in [6.07, 6.45) is 4.75. The molecule has 0 aliphatic carbocycles. The van der Waals surface area contributed by atoms with E-state index in [1.165, 1.54) is 19.4 Å². The molecule has 0 bridgehead atoms. The van der Waals surface area contributed by atoms with Gasteiger partial charge in [-0.1, -0.05) is 11.6 Å². The number of nitrogens with one attached hydrogen (secondary N) is 1. The minimum absolute atomic E-state index is 0.593. The fourth-order valence-corrected chi connectivity index (χ4v) is 1.94. The normalized spacial score (nSPS) is 29.2. The summed E-state index contributed by atoms with van der Waals surface area (Å²) < 4.78 is 5.32. The van der Waals surface area contributed by atoms with Crippen LogP contribution in [-0.4, -0.2) is 50.8 Å². The highest BCUT2D eigenvalue weighted by molar-refractivity contribution is 5.09. The van der Waals surface area contributed by atoms with Crippen molar-refractivity contribution >= 4 is 0 Å². The van der Waals surface area contributed by atoms with Crippen LogP contribution in [0.15, 0.2) is 11.6 Å². The van der Waals surface area contributed by atoms with E-state index in [1.54, 1.807) is 5.57 Å². The van der Waals surface area contributed by atoms with Crippen LogP contribution < -0.4 is 5.32 Å². The molecular formula is C11H20N2O. The van der Waals surface area contributed by atoms with Gasteiger partial charge < -0.3 is 15.0 Å². The Kier molecular flexibility index (Phi) is 3.56. The van der Waals surface area contributed by atoms with Crippen molar-refractivity contribution in [3.63, 3.8) is 0 Å². The Morgan fingerprint density at radius 2 is 2.57 bits per heavy atom. The standard InChI is InChI=1S/C11H20N2O/c1-13-5-2-10(3-6-13)8-12-11-4-7-14-9-11/h2,11-12H,3-9H2,1H3. The molecule has 0 amide bonds. The molecule has 0 aromatic heterocycles. The lowest BCUT2D eigenvalue weighted by Crippen LogP contribution is -2.33. The molecule has 14 heavy (non-hydrogen) atoms. The molecule has 80 valence electrons. The molecule has 2 aliphatic rings. The van der Waals surface area contributed by atoms with Crippen molar-refractivity contribution in [1.29, 1.82) is 0 Å². The van der Waals surface area contributed by atoms with Crippen molar-refractivity contribution < 1.29 is 4.74 Å². The highest BCUT2D eigenvalue weighted by Gasteiger charge is 2.15. The average molecular weight is 196 g/mol. The number of likely N-dealkylation sites (N-methyl/N-ethyl adjacent to an activating group) is 1. The van der Waals surface area contributed by atoms with E-state index < -0.39 is 0 Å². The van der Waals surface area contributed by atoms with E-state index in [0.29, 0.717) is 6.04 Å². The minimum atomic E-state index is 0.593. The first kappa shape index (κ1) is 10.1. The van der Waals surface area contributed by atoms with Gasteiger partial charge in [-0.25, -0.2) is 0 Å². The van der Waals surface area contributed by atoms with Crippen LogP contribution >= 0.6 is 0 Å². The molecule has 3 nitrogen and oxygen atoms in total. The predicted octanol–water partition coefficient (Wildman–Crippen LogP) is 0.627. The van der Waals surface area contributed by atoms with Crippen LogP contribution in [0.4, 0.5) is 0 Å². The van der Waals surface area contributed by atoms with Crippen LogP contribution in [0.1, 0.15) is 12.8 Å². The van der Waals surface area contributed by atoms with Crippen LogP contribution in [-0.2, 0) is 4.74 Å². The number of rotatable bonds is 3. The Hall–Kier alpha value is -0.380. The van der Waals surface area contributed by atoms with Crippen LogP contribution in [0.25, 0.3) is 0 Å². The second-order valence-electron chi connectivity index (χ2n) is 4.32. The SMILES string of the molecule is CN1CC=C(CNC2CCOC2)CC1. The number of hydrogen-bond donors (Lipinski definition) is 1. The molecular weight excluding hydrogens is 176 g/mol. The highest BCUT2D eigenvalue weighted by atomic mass is 16.5. The lowest BCUT2D eigenvalue weighted by Gasteiger charge is -2.23. The lowest BCUT2D eigenvalue weighted by atomic mass is 10.1. The first-order chi connectivity index (χ1) is 6.84. The summed E-state index contributed by atoms with van der Waals surface area (Å²) in [5.41, 5.74) is 1.56. The fraction of sp³-hybridized carbons (Fsp3) is 0.818. The van der Waals surface area contributed by atoms with Crippen molar-refractivity contribution in [2.45, 2.75) is 18.9 Å². The second kappa shape index (κ2) is 4.91. The Balaban J connectivity index is 1.69. The van der Waals surface area contributed by atoms with Gasteiger partial charge in [-0.3, -0.25) is 0 Å². The highest BCUT2D eigenvalue weighted by Crippen LogP contribution is 2.09. The van der Waals surface area contributed by atoms with Gasteiger partial charge in [0.2, 0.25) is 0 Å². The van der Waals surface area contributed by atoms with Gasteiger partial charge in [0.25, 0.3) is 0 Å². The predicted molar refractivity (Wildman–Crippen MR) is 57.4 cm³/mol. The van der Waals surface area contributed by atoms with E-state index >= 15 is 0 Å². The molecule has 1 fully saturated rings. The molecule has 0 radical (unpaired) electrons. The van der Waals surface area contributed by atoms with E-state index in [2.05, 4.69) is 23.3 Å². The van der Waals surface area contributed by atoms with Gasteiger partial charge in [-0.2, -0.15) is 0 Å². The first-order valence-corrected chi connectivity index (χ1v) is 5.52. The third-order valence-corrected chi connectivity index (χ3v) is 3.05. The molecule has 1 N–H and O–H groups in total. The van der Waals surface area contributed by atoms with Gasteiger partial charge in [0.1, 0.15) is 0 Å². The van der Waals surface area contributed by atoms with Gasteiger partial charge >= 0.3 is 0 Å². The maximum absolute atomic E-state index is 5.32. The molecule has 1 unspecified atom stereocenters. The summed E-state index contributed by atoms with van der Waals surface area (Å²) in [4.78, 5) is 2.35. The van der Waals surface area contributed by atoms with E-state index in [0.717, 1.165) is 26.3 Å². The Morgan fingerprint density at radius 3 is 3.21 bits per heavy atom. The second-order valence-corrected chi connectivity index (χ2v) is 4.32. The van der Waals surface area contributed by atoms with Crippen molar-refractivity contribution in [3.8, 4) is 0 Å². The Labute approximate surface area is 86.1 Å². The number of ether oxygens (including phenoxy) is 1. The molecule has 0 saturated carbocycles. The topological polar surface area (TPSA) is 24.5 Å². The number of nitrogens with zero attached hydrogens (tertiary/aromatic N) is 1. The van der Waals surface area contributed by atoms with Crippen LogP contribution in [0, 0.1) is 0 Å². The van der Waals surface area contributed by atoms with Crippen LogP contribution in [0.5, 0.6) is 0 Å². The Bertz CT molecular complexity index is 209. The van der Waals surface area contributed by atoms with Crippen molar-refractivity contribution in [1.82, 2.24) is 10.2 Å². The van der Waals surface area contributed by atoms with E-state index in [-0.39, 0.29) is 0 Å². The zero-order valence-electron chi connectivity index (χ0n) is 8.96.